The summed E-state index contributed by atoms with van der Waals surface area (Å²) in [5.41, 5.74) is 1.22. The maximum absolute atomic E-state index is 14.0. The van der Waals surface area contributed by atoms with E-state index in [1.54, 1.807) is 20.0 Å². The van der Waals surface area contributed by atoms with Crippen LogP contribution in [0.3, 0.4) is 0 Å². The first-order valence-corrected chi connectivity index (χ1v) is 15.8. The highest BCUT2D eigenvalue weighted by Gasteiger charge is 2.27. The molecule has 0 aliphatic heterocycles. The Morgan fingerprint density at radius 3 is 1.88 bits per heavy atom. The quantitative estimate of drug-likeness (QED) is 0.184. The van der Waals surface area contributed by atoms with Crippen LogP contribution in [0.5, 0.6) is 0 Å². The lowest BCUT2D eigenvalue weighted by Crippen LogP contribution is -2.29. The Balaban J connectivity index is 0. The molecule has 1 aromatic rings. The summed E-state index contributed by atoms with van der Waals surface area (Å²) in [4.78, 5) is 21.5. The minimum Gasteiger partial charge on any atom is -0.460 e. The Bertz CT molecular complexity index is 904. The van der Waals surface area contributed by atoms with Crippen molar-refractivity contribution in [1.82, 2.24) is 9.97 Å². The van der Waals surface area contributed by atoms with Crippen LogP contribution in [-0.2, 0) is 9.53 Å². The highest BCUT2D eigenvalue weighted by Crippen LogP contribution is 2.28. The van der Waals surface area contributed by atoms with Crippen LogP contribution in [0, 0.1) is 18.3 Å². The van der Waals surface area contributed by atoms with E-state index in [0.29, 0.717) is 37.9 Å². The second-order valence-electron chi connectivity index (χ2n) is 14.2. The van der Waals surface area contributed by atoms with Crippen molar-refractivity contribution in [2.75, 3.05) is 0 Å². The summed E-state index contributed by atoms with van der Waals surface area (Å²) in [7, 11) is 0. The van der Waals surface area contributed by atoms with Crippen molar-refractivity contribution in [3.8, 4) is 0 Å². The topological polar surface area (TPSA) is 92.5 Å². The zero-order valence-electron chi connectivity index (χ0n) is 29.5. The molecular weight excluding hydrogens is 531 g/mol. The number of esters is 1. The number of aromatic nitrogens is 2. The van der Waals surface area contributed by atoms with Gasteiger partial charge in [0.2, 0.25) is 0 Å². The van der Waals surface area contributed by atoms with Crippen molar-refractivity contribution in [2.24, 2.45) is 11.3 Å². The van der Waals surface area contributed by atoms with Gasteiger partial charge in [0.25, 0.3) is 0 Å². The number of rotatable bonds is 12. The van der Waals surface area contributed by atoms with Crippen LogP contribution in [0.15, 0.2) is 11.8 Å². The van der Waals surface area contributed by atoms with E-state index in [1.165, 1.54) is 32.3 Å². The molecule has 0 amide bonds. The molecule has 7 heteroatoms. The molecule has 0 bridgehead atoms. The van der Waals surface area contributed by atoms with Crippen molar-refractivity contribution >= 4 is 12.0 Å². The predicted molar refractivity (Wildman–Crippen MR) is 175 cm³/mol. The van der Waals surface area contributed by atoms with Gasteiger partial charge in [-0.2, -0.15) is 0 Å². The molecule has 0 saturated carbocycles. The number of halogens is 1. The minimum absolute atomic E-state index is 0.0712. The fourth-order valence-electron chi connectivity index (χ4n) is 3.39. The number of carbonyl (C=O) groups excluding carboxylic acids is 1. The summed E-state index contributed by atoms with van der Waals surface area (Å²) in [6.07, 6.45) is 8.90. The monoisotopic (exact) mass is 596 g/mol. The predicted octanol–water partition coefficient (Wildman–Crippen LogP) is 9.51. The van der Waals surface area contributed by atoms with Crippen LogP contribution < -0.4 is 0 Å². The van der Waals surface area contributed by atoms with Gasteiger partial charge in [-0.25, -0.2) is 14.4 Å². The normalized spacial score (nSPS) is 13.9. The van der Waals surface area contributed by atoms with Gasteiger partial charge in [0.15, 0.2) is 5.82 Å². The highest BCUT2D eigenvalue weighted by molar-refractivity contribution is 5.72. The summed E-state index contributed by atoms with van der Waals surface area (Å²) >= 11 is 0. The first-order chi connectivity index (χ1) is 19.0. The Hall–Kier alpha value is -1.86. The van der Waals surface area contributed by atoms with E-state index in [9.17, 15) is 14.3 Å². The zero-order chi connectivity index (χ0) is 33.3. The average Bonchev–Trinajstić information content (AvgIpc) is 2.81. The van der Waals surface area contributed by atoms with E-state index < -0.39 is 17.4 Å². The SMILES string of the molecule is C/C(=C\c1cnc(C(O)CCCCC(CCC(C)(C)F)C(=O)OC(C)(C)C)nc1C)C(C)(C)C.CC(C)O.CCCC. The average molecular weight is 597 g/mol. The number of unbranched alkanes of at least 4 members (excludes halogenated alkanes) is 2. The van der Waals surface area contributed by atoms with E-state index in [2.05, 4.69) is 57.6 Å². The first kappa shape index (κ1) is 42.3. The van der Waals surface area contributed by atoms with Gasteiger partial charge in [-0.05, 0) is 93.4 Å². The number of nitrogens with zero attached hydrogens (tertiary/aromatic N) is 2. The van der Waals surface area contributed by atoms with Gasteiger partial charge < -0.3 is 14.9 Å². The fraction of sp³-hybridized carbons (Fsp3) is 0.800. The molecule has 1 heterocycles. The summed E-state index contributed by atoms with van der Waals surface area (Å²) in [5.74, 6) is -0.196. The van der Waals surface area contributed by atoms with Crippen LogP contribution in [0.1, 0.15) is 165 Å². The van der Waals surface area contributed by atoms with Gasteiger partial charge in [-0.1, -0.05) is 72.0 Å². The number of aliphatic hydroxyl groups excluding tert-OH is 2. The maximum atomic E-state index is 14.0. The summed E-state index contributed by atoms with van der Waals surface area (Å²) < 4.78 is 19.6. The van der Waals surface area contributed by atoms with E-state index in [4.69, 9.17) is 9.84 Å². The number of hydrogen-bond acceptors (Lipinski definition) is 6. The van der Waals surface area contributed by atoms with Crippen molar-refractivity contribution < 1.29 is 24.1 Å². The molecule has 0 aliphatic rings. The number of aryl methyl sites for hydroxylation is 1. The molecule has 2 unspecified atom stereocenters. The van der Waals surface area contributed by atoms with Crippen LogP contribution in [-0.4, -0.2) is 43.5 Å². The van der Waals surface area contributed by atoms with Gasteiger partial charge in [0, 0.05) is 23.6 Å². The summed E-state index contributed by atoms with van der Waals surface area (Å²) in [6.45, 7) is 26.9. The van der Waals surface area contributed by atoms with E-state index in [-0.39, 0.29) is 23.4 Å². The number of carbonyl (C=O) groups is 1. The molecule has 1 rings (SSSR count). The molecule has 0 fully saturated rings. The molecule has 0 aromatic carbocycles. The molecule has 1 aromatic heterocycles. The summed E-state index contributed by atoms with van der Waals surface area (Å²) in [6, 6.07) is 0. The number of ether oxygens (including phenoxy) is 1. The number of aliphatic hydroxyl groups is 2. The lowest BCUT2D eigenvalue weighted by Gasteiger charge is -2.25. The molecule has 42 heavy (non-hydrogen) atoms. The Labute approximate surface area is 258 Å². The van der Waals surface area contributed by atoms with E-state index >= 15 is 0 Å². The van der Waals surface area contributed by atoms with Gasteiger partial charge in [0.1, 0.15) is 17.4 Å². The Morgan fingerprint density at radius 2 is 1.48 bits per heavy atom. The number of alkyl halides is 1. The van der Waals surface area contributed by atoms with Crippen LogP contribution in [0.4, 0.5) is 4.39 Å². The van der Waals surface area contributed by atoms with Crippen LogP contribution >= 0.6 is 0 Å². The molecule has 2 N–H and O–H groups in total. The van der Waals surface area contributed by atoms with Crippen LogP contribution in [0.25, 0.3) is 6.08 Å². The van der Waals surface area contributed by atoms with Crippen molar-refractivity contribution in [2.45, 2.75) is 172 Å². The van der Waals surface area contributed by atoms with Crippen molar-refractivity contribution in [1.29, 1.82) is 0 Å². The second kappa shape index (κ2) is 20.2. The van der Waals surface area contributed by atoms with Gasteiger partial charge >= 0.3 is 5.97 Å². The Kier molecular flexibility index (Phi) is 20.3. The second-order valence-corrected chi connectivity index (χ2v) is 14.2. The number of allylic oxidation sites excluding steroid dienone is 1. The van der Waals surface area contributed by atoms with E-state index in [0.717, 1.165) is 17.7 Å². The molecule has 0 radical (unpaired) electrons. The first-order valence-electron chi connectivity index (χ1n) is 15.8. The van der Waals surface area contributed by atoms with Gasteiger partial charge in [0.05, 0.1) is 5.92 Å². The molecule has 6 nitrogen and oxygen atoms in total. The smallest absolute Gasteiger partial charge is 0.309 e. The third-order valence-electron chi connectivity index (χ3n) is 6.50. The van der Waals surface area contributed by atoms with Crippen molar-refractivity contribution in [3.05, 3.63) is 28.9 Å². The fourth-order valence-corrected chi connectivity index (χ4v) is 3.39. The molecular formula is C35H65FN2O4. The minimum atomic E-state index is -1.32. The molecule has 2 atom stereocenters. The summed E-state index contributed by atoms with van der Waals surface area (Å²) in [5, 5.41) is 18.7. The third kappa shape index (κ3) is 22.7. The van der Waals surface area contributed by atoms with Crippen LogP contribution in [0.2, 0.25) is 0 Å². The standard InChI is InChI=1S/C28H47FN2O3.C4H10.C3H8O/c1-19(26(3,4)5)17-22-18-30-24(31-20(22)2)23(32)14-12-11-13-21(15-16-28(9,10)29)25(33)34-27(6,7)8;1-3-4-2;1-3(2)4/h17-18,21,23,32H,11-16H2,1-10H3;3-4H2,1-2H3;3-4H,1-2H3/b19-17+;;. The van der Waals surface area contributed by atoms with E-state index in [1.807, 2.05) is 27.7 Å². The largest absolute Gasteiger partial charge is 0.460 e. The molecule has 246 valence electrons. The van der Waals surface area contributed by atoms with Gasteiger partial charge in [-0.3, -0.25) is 4.79 Å². The third-order valence-corrected chi connectivity index (χ3v) is 6.50. The molecule has 0 saturated heterocycles. The number of hydrogen-bond donors (Lipinski definition) is 2. The van der Waals surface area contributed by atoms with Crippen molar-refractivity contribution in [3.63, 3.8) is 0 Å². The lowest BCUT2D eigenvalue weighted by molar-refractivity contribution is -0.160. The maximum Gasteiger partial charge on any atom is 0.309 e. The highest BCUT2D eigenvalue weighted by atomic mass is 19.1. The lowest BCUT2D eigenvalue weighted by atomic mass is 9.86. The van der Waals surface area contributed by atoms with Gasteiger partial charge in [-0.15, -0.1) is 0 Å². The zero-order valence-corrected chi connectivity index (χ0v) is 29.5. The Morgan fingerprint density at radius 1 is 0.976 bits per heavy atom. The molecule has 0 aliphatic carbocycles. The molecule has 0 spiro atoms.